The number of rotatable bonds is 7. The molecule has 0 fully saturated rings. The van der Waals surface area contributed by atoms with Crippen molar-refractivity contribution >= 4 is 10.0 Å². The van der Waals surface area contributed by atoms with Gasteiger partial charge in [0.05, 0.1) is 5.75 Å². The van der Waals surface area contributed by atoms with Gasteiger partial charge in [0.1, 0.15) is 18.2 Å². The number of hydrogen-bond donors (Lipinski definition) is 1. The third-order valence-electron chi connectivity index (χ3n) is 3.51. The van der Waals surface area contributed by atoms with Gasteiger partial charge < -0.3 is 4.74 Å². The molecule has 124 valence electrons. The Morgan fingerprint density at radius 2 is 1.78 bits per heavy atom. The molecule has 0 heterocycles. The minimum absolute atomic E-state index is 0.177. The quantitative estimate of drug-likeness (QED) is 0.790. The van der Waals surface area contributed by atoms with E-state index in [1.54, 1.807) is 0 Å². The van der Waals surface area contributed by atoms with Crippen LogP contribution in [0.1, 0.15) is 16.7 Å². The van der Waals surface area contributed by atoms with Crippen molar-refractivity contribution in [3.8, 4) is 5.75 Å². The number of benzene rings is 2. The fourth-order valence-electron chi connectivity index (χ4n) is 2.09. The molecular weight excluding hydrogens is 317 g/mol. The Morgan fingerprint density at radius 3 is 2.48 bits per heavy atom. The first-order valence-corrected chi connectivity index (χ1v) is 8.93. The Kier molecular flexibility index (Phi) is 5.74. The third kappa shape index (κ3) is 5.33. The van der Waals surface area contributed by atoms with E-state index in [2.05, 4.69) is 4.72 Å². The Balaban J connectivity index is 1.83. The van der Waals surface area contributed by atoms with Gasteiger partial charge in [-0.1, -0.05) is 24.3 Å². The summed E-state index contributed by atoms with van der Waals surface area (Å²) in [6, 6.07) is 11.2. The van der Waals surface area contributed by atoms with Crippen LogP contribution in [0.2, 0.25) is 0 Å². The highest BCUT2D eigenvalue weighted by atomic mass is 32.2. The summed E-state index contributed by atoms with van der Waals surface area (Å²) in [4.78, 5) is 0. The van der Waals surface area contributed by atoms with E-state index < -0.39 is 10.0 Å². The molecular formula is C17H20FNO3S. The second kappa shape index (κ2) is 7.57. The fourth-order valence-corrected chi connectivity index (χ4v) is 3.22. The number of ether oxygens (including phenoxy) is 1. The van der Waals surface area contributed by atoms with Gasteiger partial charge in [-0.2, -0.15) is 0 Å². The molecule has 0 spiro atoms. The summed E-state index contributed by atoms with van der Waals surface area (Å²) in [6.07, 6.45) is 0. The highest BCUT2D eigenvalue weighted by Gasteiger charge is 2.11. The second-order valence-electron chi connectivity index (χ2n) is 5.33. The van der Waals surface area contributed by atoms with Gasteiger partial charge in [-0.15, -0.1) is 0 Å². The number of aryl methyl sites for hydroxylation is 1. The smallest absolute Gasteiger partial charge is 0.215 e. The van der Waals surface area contributed by atoms with Gasteiger partial charge in [-0.3, -0.25) is 0 Å². The molecule has 2 rings (SSSR count). The van der Waals surface area contributed by atoms with Crippen LogP contribution >= 0.6 is 0 Å². The summed E-state index contributed by atoms with van der Waals surface area (Å²) in [5.74, 6) is 0.181. The van der Waals surface area contributed by atoms with Crippen LogP contribution in [0, 0.1) is 19.7 Å². The monoisotopic (exact) mass is 337 g/mol. The highest BCUT2D eigenvalue weighted by Crippen LogP contribution is 2.20. The molecule has 0 saturated heterocycles. The molecule has 6 heteroatoms. The number of sulfonamides is 1. The molecule has 0 aromatic heterocycles. The van der Waals surface area contributed by atoms with E-state index in [0.717, 1.165) is 16.9 Å². The standard InChI is InChI=1S/C17H20FNO3S/c1-13-4-3-5-17(14(13)2)22-11-10-19-23(20,21)12-15-6-8-16(18)9-7-15/h3-9,19H,10-12H2,1-2H3. The lowest BCUT2D eigenvalue weighted by atomic mass is 10.1. The molecule has 23 heavy (non-hydrogen) atoms. The predicted molar refractivity (Wildman–Crippen MR) is 88.4 cm³/mol. The van der Waals surface area contributed by atoms with Crippen molar-refractivity contribution in [3.05, 3.63) is 65.0 Å². The van der Waals surface area contributed by atoms with Gasteiger partial charge in [0.2, 0.25) is 10.0 Å². The first-order chi connectivity index (χ1) is 10.9. The van der Waals surface area contributed by atoms with Crippen molar-refractivity contribution in [1.29, 1.82) is 0 Å². The maximum absolute atomic E-state index is 12.8. The molecule has 4 nitrogen and oxygen atoms in total. The zero-order valence-electron chi connectivity index (χ0n) is 13.2. The first-order valence-electron chi connectivity index (χ1n) is 7.28. The molecule has 0 radical (unpaired) electrons. The van der Waals surface area contributed by atoms with Crippen molar-refractivity contribution in [2.75, 3.05) is 13.2 Å². The van der Waals surface area contributed by atoms with Crippen molar-refractivity contribution in [2.24, 2.45) is 0 Å². The van der Waals surface area contributed by atoms with Crippen LogP contribution in [0.3, 0.4) is 0 Å². The zero-order valence-corrected chi connectivity index (χ0v) is 14.0. The average molecular weight is 337 g/mol. The molecule has 0 saturated carbocycles. The van der Waals surface area contributed by atoms with Gasteiger partial charge in [0.25, 0.3) is 0 Å². The molecule has 2 aromatic carbocycles. The van der Waals surface area contributed by atoms with Gasteiger partial charge in [0.15, 0.2) is 0 Å². The molecule has 0 unspecified atom stereocenters. The lowest BCUT2D eigenvalue weighted by Crippen LogP contribution is -2.29. The number of halogens is 1. The lowest BCUT2D eigenvalue weighted by Gasteiger charge is -2.11. The Bertz CT molecular complexity index is 758. The minimum Gasteiger partial charge on any atom is -0.492 e. The summed E-state index contributed by atoms with van der Waals surface area (Å²) < 4.78 is 44.8. The normalized spacial score (nSPS) is 11.4. The maximum Gasteiger partial charge on any atom is 0.215 e. The van der Waals surface area contributed by atoms with E-state index in [1.165, 1.54) is 24.3 Å². The van der Waals surface area contributed by atoms with E-state index in [1.807, 2.05) is 32.0 Å². The average Bonchev–Trinajstić information content (AvgIpc) is 2.50. The van der Waals surface area contributed by atoms with Gasteiger partial charge in [0, 0.05) is 6.54 Å². The Morgan fingerprint density at radius 1 is 1.09 bits per heavy atom. The van der Waals surface area contributed by atoms with E-state index in [9.17, 15) is 12.8 Å². The van der Waals surface area contributed by atoms with Crippen LogP contribution < -0.4 is 9.46 Å². The fraction of sp³-hybridized carbons (Fsp3) is 0.294. The van der Waals surface area contributed by atoms with Crippen molar-refractivity contribution in [3.63, 3.8) is 0 Å². The van der Waals surface area contributed by atoms with E-state index in [-0.39, 0.29) is 24.7 Å². The number of hydrogen-bond acceptors (Lipinski definition) is 3. The summed E-state index contributed by atoms with van der Waals surface area (Å²) in [7, 11) is -3.47. The van der Waals surface area contributed by atoms with Crippen LogP contribution in [0.4, 0.5) is 4.39 Å². The summed E-state index contributed by atoms with van der Waals surface area (Å²) >= 11 is 0. The van der Waals surface area contributed by atoms with E-state index in [4.69, 9.17) is 4.74 Å². The van der Waals surface area contributed by atoms with Crippen LogP contribution in [-0.2, 0) is 15.8 Å². The lowest BCUT2D eigenvalue weighted by molar-refractivity contribution is 0.320. The first kappa shape index (κ1) is 17.4. The van der Waals surface area contributed by atoms with Crippen LogP contribution in [0.5, 0.6) is 5.75 Å². The Hall–Kier alpha value is -1.92. The topological polar surface area (TPSA) is 55.4 Å². The molecule has 0 atom stereocenters. The molecule has 0 aliphatic carbocycles. The van der Waals surface area contributed by atoms with E-state index in [0.29, 0.717) is 5.56 Å². The SMILES string of the molecule is Cc1cccc(OCCNS(=O)(=O)Cc2ccc(F)cc2)c1C. The van der Waals surface area contributed by atoms with Crippen molar-refractivity contribution < 1.29 is 17.5 Å². The minimum atomic E-state index is -3.47. The van der Waals surface area contributed by atoms with Crippen molar-refractivity contribution in [2.45, 2.75) is 19.6 Å². The van der Waals surface area contributed by atoms with Gasteiger partial charge >= 0.3 is 0 Å². The molecule has 1 N–H and O–H groups in total. The van der Waals surface area contributed by atoms with Gasteiger partial charge in [-0.25, -0.2) is 17.5 Å². The summed E-state index contributed by atoms with van der Waals surface area (Å²) in [5, 5.41) is 0. The molecule has 2 aromatic rings. The van der Waals surface area contributed by atoms with Crippen LogP contribution in [0.15, 0.2) is 42.5 Å². The molecule has 0 amide bonds. The van der Waals surface area contributed by atoms with E-state index >= 15 is 0 Å². The summed E-state index contributed by atoms with van der Waals surface area (Å²) in [6.45, 7) is 4.38. The second-order valence-corrected chi connectivity index (χ2v) is 7.13. The predicted octanol–water partition coefficient (Wildman–Crippen LogP) is 2.94. The van der Waals surface area contributed by atoms with Crippen LogP contribution in [-0.4, -0.2) is 21.6 Å². The third-order valence-corrected chi connectivity index (χ3v) is 4.86. The Labute approximate surface area is 136 Å². The maximum atomic E-state index is 12.8. The largest absolute Gasteiger partial charge is 0.492 e. The zero-order chi connectivity index (χ0) is 16.9. The van der Waals surface area contributed by atoms with Gasteiger partial charge in [-0.05, 0) is 48.7 Å². The molecule has 0 bridgehead atoms. The molecule has 0 aliphatic rings. The van der Waals surface area contributed by atoms with Crippen LogP contribution in [0.25, 0.3) is 0 Å². The molecule has 0 aliphatic heterocycles. The number of nitrogens with one attached hydrogen (secondary N) is 1. The van der Waals surface area contributed by atoms with Crippen molar-refractivity contribution in [1.82, 2.24) is 4.72 Å². The summed E-state index contributed by atoms with van der Waals surface area (Å²) in [5.41, 5.74) is 2.70. The highest BCUT2D eigenvalue weighted by molar-refractivity contribution is 7.88.